The second-order valence-corrected chi connectivity index (χ2v) is 7.46. The first-order chi connectivity index (χ1) is 14.3. The predicted molar refractivity (Wildman–Crippen MR) is 132 cm³/mol. The van der Waals surface area contributed by atoms with Crippen molar-refractivity contribution in [1.29, 1.82) is 0 Å². The van der Waals surface area contributed by atoms with E-state index in [2.05, 4.69) is 33.1 Å². The summed E-state index contributed by atoms with van der Waals surface area (Å²) < 4.78 is 22.0. The number of hydrogen-bond acceptors (Lipinski definition) is 6. The Balaban J connectivity index is 0.00000320. The van der Waals surface area contributed by atoms with E-state index in [4.69, 9.17) is 18.9 Å². The molecule has 1 aliphatic rings. The van der Waals surface area contributed by atoms with E-state index < -0.39 is 0 Å². The number of fused-ring (bicyclic) bond motifs is 1. The van der Waals surface area contributed by atoms with Gasteiger partial charge in [0.05, 0.1) is 39.6 Å². The number of nitrogens with zero attached hydrogens (tertiary/aromatic N) is 1. The van der Waals surface area contributed by atoms with Gasteiger partial charge in [-0.3, -0.25) is 4.99 Å². The van der Waals surface area contributed by atoms with Crippen LogP contribution < -0.4 is 20.1 Å². The van der Waals surface area contributed by atoms with Crippen molar-refractivity contribution in [3.63, 3.8) is 0 Å². The first-order valence-electron chi connectivity index (χ1n) is 9.89. The van der Waals surface area contributed by atoms with E-state index >= 15 is 0 Å². The maximum Gasteiger partial charge on any atom is 0.195 e. The quantitative estimate of drug-likeness (QED) is 0.204. The summed E-state index contributed by atoms with van der Waals surface area (Å²) in [6.07, 6.45) is 1.83. The molecule has 0 bridgehead atoms. The Morgan fingerprint density at radius 2 is 2.00 bits per heavy atom. The van der Waals surface area contributed by atoms with Crippen LogP contribution in [-0.4, -0.2) is 59.2 Å². The van der Waals surface area contributed by atoms with Crippen molar-refractivity contribution < 1.29 is 18.9 Å². The number of nitrogens with one attached hydrogen (secondary N) is 2. The molecule has 9 heteroatoms. The van der Waals surface area contributed by atoms with E-state index in [0.29, 0.717) is 45.5 Å². The average molecular weight is 547 g/mol. The molecule has 2 heterocycles. The van der Waals surface area contributed by atoms with E-state index in [9.17, 15) is 0 Å². The molecule has 2 N–H and O–H groups in total. The summed E-state index contributed by atoms with van der Waals surface area (Å²) in [7, 11) is 1.66. The Morgan fingerprint density at radius 3 is 2.80 bits per heavy atom. The molecule has 0 saturated carbocycles. The Morgan fingerprint density at radius 1 is 1.13 bits per heavy atom. The lowest BCUT2D eigenvalue weighted by molar-refractivity contribution is 0.0748. The van der Waals surface area contributed by atoms with Crippen LogP contribution in [-0.2, 0) is 15.9 Å². The smallest absolute Gasteiger partial charge is 0.195 e. The summed E-state index contributed by atoms with van der Waals surface area (Å²) in [5, 5.41) is 8.85. The third kappa shape index (κ3) is 8.66. The fourth-order valence-electron chi connectivity index (χ4n) is 2.74. The van der Waals surface area contributed by atoms with E-state index in [1.807, 2.05) is 18.2 Å². The molecule has 7 nitrogen and oxygen atoms in total. The summed E-state index contributed by atoms with van der Waals surface area (Å²) in [4.78, 5) is 5.97. The molecule has 30 heavy (non-hydrogen) atoms. The van der Waals surface area contributed by atoms with Crippen molar-refractivity contribution >= 4 is 47.0 Å². The van der Waals surface area contributed by atoms with Crippen molar-refractivity contribution in [1.82, 2.24) is 5.32 Å². The second kappa shape index (κ2) is 14.4. The fraction of sp³-hybridized carbons (Fsp3) is 0.476. The fourth-order valence-corrected chi connectivity index (χ4v) is 3.45. The van der Waals surface area contributed by atoms with Crippen LogP contribution in [0.3, 0.4) is 0 Å². The molecule has 0 saturated heterocycles. The zero-order chi connectivity index (χ0) is 20.2. The third-order valence-electron chi connectivity index (χ3n) is 4.19. The van der Waals surface area contributed by atoms with Crippen LogP contribution in [0, 0.1) is 0 Å². The molecular weight excluding hydrogens is 517 g/mol. The van der Waals surface area contributed by atoms with Crippen LogP contribution in [0.15, 0.2) is 40.7 Å². The highest BCUT2D eigenvalue weighted by molar-refractivity contribution is 14.0. The lowest BCUT2D eigenvalue weighted by atomic mass is 10.2. The number of halogens is 1. The van der Waals surface area contributed by atoms with Gasteiger partial charge in [-0.2, -0.15) is 0 Å². The van der Waals surface area contributed by atoms with Gasteiger partial charge in [0.25, 0.3) is 0 Å². The van der Waals surface area contributed by atoms with Gasteiger partial charge >= 0.3 is 0 Å². The molecule has 1 aromatic heterocycles. The average Bonchev–Trinajstić information content (AvgIpc) is 3.14. The molecule has 0 unspecified atom stereocenters. The Kier molecular flexibility index (Phi) is 11.9. The highest BCUT2D eigenvalue weighted by Crippen LogP contribution is 2.32. The van der Waals surface area contributed by atoms with Gasteiger partial charge < -0.3 is 29.6 Å². The highest BCUT2D eigenvalue weighted by atomic mass is 127. The van der Waals surface area contributed by atoms with Crippen molar-refractivity contribution in [3.05, 3.63) is 40.6 Å². The summed E-state index contributed by atoms with van der Waals surface area (Å²) >= 11 is 1.76. The molecule has 0 atom stereocenters. The van der Waals surface area contributed by atoms with Crippen molar-refractivity contribution in [2.75, 3.05) is 58.6 Å². The molecule has 2 aromatic rings. The first-order valence-corrected chi connectivity index (χ1v) is 10.8. The lowest BCUT2D eigenvalue weighted by Gasteiger charge is -2.14. The number of guanidine groups is 1. The maximum atomic E-state index is 5.78. The normalized spacial score (nSPS) is 13.3. The molecule has 0 amide bonds. The third-order valence-corrected chi connectivity index (χ3v) is 5.13. The number of anilines is 1. The minimum Gasteiger partial charge on any atom is -0.490 e. The number of rotatable bonds is 10. The van der Waals surface area contributed by atoms with Gasteiger partial charge in [-0.1, -0.05) is 6.07 Å². The van der Waals surface area contributed by atoms with Gasteiger partial charge in [0.15, 0.2) is 17.5 Å². The summed E-state index contributed by atoms with van der Waals surface area (Å²) in [5.41, 5.74) is 0.900. The van der Waals surface area contributed by atoms with E-state index in [0.717, 1.165) is 36.6 Å². The van der Waals surface area contributed by atoms with Gasteiger partial charge in [-0.15, -0.1) is 35.3 Å². The molecule has 1 aliphatic heterocycles. The monoisotopic (exact) mass is 547 g/mol. The number of aliphatic imine (C=N–C) groups is 1. The highest BCUT2D eigenvalue weighted by Gasteiger charge is 2.11. The molecule has 0 aliphatic carbocycles. The van der Waals surface area contributed by atoms with Crippen LogP contribution in [0.2, 0.25) is 0 Å². The van der Waals surface area contributed by atoms with Crippen LogP contribution in [0.25, 0.3) is 0 Å². The summed E-state index contributed by atoms with van der Waals surface area (Å²) in [6, 6.07) is 10.1. The Labute approximate surface area is 199 Å². The van der Waals surface area contributed by atoms with Crippen molar-refractivity contribution in [2.24, 2.45) is 4.99 Å². The van der Waals surface area contributed by atoms with E-state index in [1.165, 1.54) is 4.88 Å². The van der Waals surface area contributed by atoms with Gasteiger partial charge in [0.2, 0.25) is 0 Å². The topological polar surface area (TPSA) is 73.3 Å². The molecule has 166 valence electrons. The zero-order valence-corrected chi connectivity index (χ0v) is 20.4. The largest absolute Gasteiger partial charge is 0.490 e. The number of hydrogen-bond donors (Lipinski definition) is 2. The molecule has 0 radical (unpaired) electrons. The molecular formula is C21H30IN3O4S. The zero-order valence-electron chi connectivity index (χ0n) is 17.2. The van der Waals surface area contributed by atoms with Crippen LogP contribution >= 0.6 is 35.3 Å². The summed E-state index contributed by atoms with van der Waals surface area (Å²) in [6.45, 7) is 4.40. The van der Waals surface area contributed by atoms with Crippen molar-refractivity contribution in [2.45, 2.75) is 12.8 Å². The van der Waals surface area contributed by atoms with Gasteiger partial charge in [-0.05, 0) is 30.0 Å². The lowest BCUT2D eigenvalue weighted by Crippen LogP contribution is -2.32. The van der Waals surface area contributed by atoms with Crippen LogP contribution in [0.4, 0.5) is 5.69 Å². The minimum absolute atomic E-state index is 0. The number of methoxy groups -OCH3 is 1. The second-order valence-electron chi connectivity index (χ2n) is 6.43. The number of thiophene rings is 1. The SMILES string of the molecule is COCCOCCN=C(NCCc1cccs1)Nc1ccc2c(c1)OCCCO2.I. The molecule has 1 aromatic carbocycles. The number of benzene rings is 1. The number of ether oxygens (including phenoxy) is 4. The standard InChI is InChI=1S/C21H29N3O4S.HI/c1-25-13-14-26-12-9-23-21(22-8-7-18-4-2-15-29-18)24-17-5-6-19-20(16-17)28-11-3-10-27-19;/h2,4-6,15-16H,3,7-14H2,1H3,(H2,22,23,24);1H. The van der Waals surface area contributed by atoms with Gasteiger partial charge in [0, 0.05) is 36.7 Å². The van der Waals surface area contributed by atoms with Crippen LogP contribution in [0.5, 0.6) is 11.5 Å². The Bertz CT molecular complexity index is 759. The summed E-state index contributed by atoms with van der Waals surface area (Å²) in [5.74, 6) is 2.25. The predicted octanol–water partition coefficient (Wildman–Crippen LogP) is 3.79. The van der Waals surface area contributed by atoms with Gasteiger partial charge in [-0.25, -0.2) is 0 Å². The van der Waals surface area contributed by atoms with E-state index in [1.54, 1.807) is 18.4 Å². The molecule has 0 spiro atoms. The maximum absolute atomic E-state index is 5.78. The first kappa shape index (κ1) is 24.7. The minimum atomic E-state index is 0. The van der Waals surface area contributed by atoms with Crippen molar-refractivity contribution in [3.8, 4) is 11.5 Å². The molecule has 0 fully saturated rings. The van der Waals surface area contributed by atoms with Gasteiger partial charge in [0.1, 0.15) is 0 Å². The molecule has 3 rings (SSSR count). The van der Waals surface area contributed by atoms with Crippen LogP contribution in [0.1, 0.15) is 11.3 Å². The van der Waals surface area contributed by atoms with E-state index in [-0.39, 0.29) is 24.0 Å². The Hall–Kier alpha value is -1.56.